The Labute approximate surface area is 146 Å². The number of piperazine rings is 1. The van der Waals surface area contributed by atoms with Crippen LogP contribution in [0.4, 0.5) is 9.18 Å². The van der Waals surface area contributed by atoms with E-state index in [-0.39, 0.29) is 32.5 Å². The standard InChI is InChI=1S/C18H24FN3O3/c19-18(16(23)21-12-8-20-9-13-21)6-10-22(11-7-18)17(24)25-14-15-4-2-1-3-5-15/h1-5,20H,6-14H2. The maximum absolute atomic E-state index is 15.0. The van der Waals surface area contributed by atoms with E-state index in [1.165, 1.54) is 4.90 Å². The zero-order valence-electron chi connectivity index (χ0n) is 14.2. The van der Waals surface area contributed by atoms with Gasteiger partial charge in [-0.1, -0.05) is 30.3 Å². The van der Waals surface area contributed by atoms with Gasteiger partial charge in [-0.15, -0.1) is 0 Å². The summed E-state index contributed by atoms with van der Waals surface area (Å²) < 4.78 is 20.3. The number of benzene rings is 1. The summed E-state index contributed by atoms with van der Waals surface area (Å²) in [5.41, 5.74) is -0.963. The molecule has 2 aliphatic rings. The van der Waals surface area contributed by atoms with Gasteiger partial charge in [0.25, 0.3) is 5.91 Å². The molecule has 1 N–H and O–H groups in total. The van der Waals surface area contributed by atoms with Crippen molar-refractivity contribution in [3.63, 3.8) is 0 Å². The number of rotatable bonds is 3. The maximum atomic E-state index is 15.0. The third kappa shape index (κ3) is 4.28. The lowest BCUT2D eigenvalue weighted by atomic mass is 9.91. The van der Waals surface area contributed by atoms with Crippen molar-refractivity contribution in [2.45, 2.75) is 25.1 Å². The van der Waals surface area contributed by atoms with Crippen molar-refractivity contribution in [1.82, 2.24) is 15.1 Å². The number of amides is 2. The molecular formula is C18H24FN3O3. The number of nitrogens with zero attached hydrogens (tertiary/aromatic N) is 2. The van der Waals surface area contributed by atoms with Gasteiger partial charge in [-0.25, -0.2) is 9.18 Å². The van der Waals surface area contributed by atoms with Crippen LogP contribution in [0.5, 0.6) is 0 Å². The van der Waals surface area contributed by atoms with Gasteiger partial charge >= 0.3 is 6.09 Å². The number of ether oxygens (including phenoxy) is 1. The lowest BCUT2D eigenvalue weighted by Crippen LogP contribution is -2.57. The fourth-order valence-electron chi connectivity index (χ4n) is 3.22. The van der Waals surface area contributed by atoms with Gasteiger partial charge in [0.1, 0.15) is 6.61 Å². The molecule has 2 heterocycles. The van der Waals surface area contributed by atoms with E-state index in [2.05, 4.69) is 5.32 Å². The van der Waals surface area contributed by atoms with Gasteiger partial charge in [-0.2, -0.15) is 0 Å². The highest BCUT2D eigenvalue weighted by molar-refractivity contribution is 5.85. The van der Waals surface area contributed by atoms with Crippen molar-refractivity contribution >= 4 is 12.0 Å². The van der Waals surface area contributed by atoms with Gasteiger partial charge in [0, 0.05) is 52.1 Å². The molecule has 0 atom stereocenters. The van der Waals surface area contributed by atoms with Gasteiger partial charge in [0.2, 0.25) is 0 Å². The Hall–Kier alpha value is -2.15. The van der Waals surface area contributed by atoms with Crippen LogP contribution in [0.1, 0.15) is 18.4 Å². The minimum atomic E-state index is -1.87. The molecule has 1 aromatic rings. The molecule has 0 unspecified atom stereocenters. The van der Waals surface area contributed by atoms with Crippen molar-refractivity contribution in [1.29, 1.82) is 0 Å². The molecule has 2 saturated heterocycles. The quantitative estimate of drug-likeness (QED) is 0.900. The van der Waals surface area contributed by atoms with Crippen LogP contribution < -0.4 is 5.32 Å². The van der Waals surface area contributed by atoms with Crippen LogP contribution in [0.25, 0.3) is 0 Å². The summed E-state index contributed by atoms with van der Waals surface area (Å²) in [6.45, 7) is 3.04. The molecule has 3 rings (SSSR count). The van der Waals surface area contributed by atoms with Crippen molar-refractivity contribution in [3.05, 3.63) is 35.9 Å². The molecule has 0 aliphatic carbocycles. The third-order valence-corrected chi connectivity index (χ3v) is 4.81. The Morgan fingerprint density at radius 3 is 2.32 bits per heavy atom. The zero-order valence-corrected chi connectivity index (χ0v) is 14.2. The number of alkyl halides is 1. The lowest BCUT2D eigenvalue weighted by molar-refractivity contribution is -0.147. The molecule has 0 aromatic heterocycles. The molecule has 0 radical (unpaired) electrons. The number of nitrogens with one attached hydrogen (secondary N) is 1. The molecule has 2 aliphatic heterocycles. The summed E-state index contributed by atoms with van der Waals surface area (Å²) in [6.07, 6.45) is -0.410. The van der Waals surface area contributed by atoms with Crippen LogP contribution in [0.15, 0.2) is 30.3 Å². The van der Waals surface area contributed by atoms with Crippen molar-refractivity contribution < 1.29 is 18.7 Å². The van der Waals surface area contributed by atoms with Gasteiger partial charge < -0.3 is 19.9 Å². The van der Waals surface area contributed by atoms with Crippen LogP contribution in [0.2, 0.25) is 0 Å². The summed E-state index contributed by atoms with van der Waals surface area (Å²) in [4.78, 5) is 27.6. The number of carbonyl (C=O) groups is 2. The number of piperidine rings is 1. The predicted molar refractivity (Wildman–Crippen MR) is 90.7 cm³/mol. The van der Waals surface area contributed by atoms with Crippen molar-refractivity contribution in [2.24, 2.45) is 0 Å². The second-order valence-corrected chi connectivity index (χ2v) is 6.53. The number of hydrogen-bond acceptors (Lipinski definition) is 4. The Morgan fingerprint density at radius 2 is 1.68 bits per heavy atom. The van der Waals surface area contributed by atoms with Crippen LogP contribution in [-0.4, -0.2) is 66.7 Å². The third-order valence-electron chi connectivity index (χ3n) is 4.81. The topological polar surface area (TPSA) is 61.9 Å². The highest BCUT2D eigenvalue weighted by Crippen LogP contribution is 2.29. The van der Waals surface area contributed by atoms with Crippen LogP contribution in [-0.2, 0) is 16.1 Å². The molecule has 25 heavy (non-hydrogen) atoms. The van der Waals surface area contributed by atoms with E-state index in [1.54, 1.807) is 4.90 Å². The molecule has 2 fully saturated rings. The van der Waals surface area contributed by atoms with E-state index in [0.29, 0.717) is 26.2 Å². The lowest BCUT2D eigenvalue weighted by Gasteiger charge is -2.38. The molecule has 7 heteroatoms. The molecular weight excluding hydrogens is 325 g/mol. The van der Waals surface area contributed by atoms with Gasteiger partial charge in [0.05, 0.1) is 0 Å². The Morgan fingerprint density at radius 1 is 1.04 bits per heavy atom. The van der Waals surface area contributed by atoms with Crippen LogP contribution >= 0.6 is 0 Å². The van der Waals surface area contributed by atoms with E-state index in [1.807, 2.05) is 30.3 Å². The monoisotopic (exact) mass is 349 g/mol. The summed E-state index contributed by atoms with van der Waals surface area (Å²) in [5.74, 6) is -0.439. The first kappa shape index (κ1) is 17.7. The number of likely N-dealkylation sites (tertiary alicyclic amines) is 1. The first-order chi connectivity index (χ1) is 12.1. The Kier molecular flexibility index (Phi) is 5.53. The average Bonchev–Trinajstić information content (AvgIpc) is 2.67. The molecule has 0 saturated carbocycles. The normalized spacial score (nSPS) is 20.2. The minimum absolute atomic E-state index is 0.0240. The summed E-state index contributed by atoms with van der Waals surface area (Å²) >= 11 is 0. The Balaban J connectivity index is 1.48. The first-order valence-corrected chi connectivity index (χ1v) is 8.73. The van der Waals surface area contributed by atoms with Crippen molar-refractivity contribution in [3.8, 4) is 0 Å². The average molecular weight is 349 g/mol. The fourth-order valence-corrected chi connectivity index (χ4v) is 3.22. The zero-order chi connectivity index (χ0) is 17.7. The van der Waals surface area contributed by atoms with Gasteiger partial charge in [0.15, 0.2) is 5.67 Å². The van der Waals surface area contributed by atoms with E-state index in [0.717, 1.165) is 5.56 Å². The van der Waals surface area contributed by atoms with E-state index < -0.39 is 17.7 Å². The maximum Gasteiger partial charge on any atom is 0.410 e. The molecule has 0 bridgehead atoms. The summed E-state index contributed by atoms with van der Waals surface area (Å²) in [7, 11) is 0. The van der Waals surface area contributed by atoms with E-state index >= 15 is 4.39 Å². The first-order valence-electron chi connectivity index (χ1n) is 8.73. The number of halogens is 1. The highest BCUT2D eigenvalue weighted by atomic mass is 19.1. The minimum Gasteiger partial charge on any atom is -0.445 e. The summed E-state index contributed by atoms with van der Waals surface area (Å²) in [5, 5.41) is 3.15. The second-order valence-electron chi connectivity index (χ2n) is 6.53. The fraction of sp³-hybridized carbons (Fsp3) is 0.556. The van der Waals surface area contributed by atoms with E-state index in [9.17, 15) is 9.59 Å². The molecule has 0 spiro atoms. The summed E-state index contributed by atoms with van der Waals surface area (Å²) in [6, 6.07) is 9.41. The second kappa shape index (κ2) is 7.82. The SMILES string of the molecule is O=C(OCc1ccccc1)N1CCC(F)(C(=O)N2CCNCC2)CC1. The van der Waals surface area contributed by atoms with Crippen molar-refractivity contribution in [2.75, 3.05) is 39.3 Å². The van der Waals surface area contributed by atoms with Crippen LogP contribution in [0.3, 0.4) is 0 Å². The molecule has 6 nitrogen and oxygen atoms in total. The van der Waals surface area contributed by atoms with Gasteiger partial charge in [-0.05, 0) is 5.56 Å². The largest absolute Gasteiger partial charge is 0.445 e. The predicted octanol–water partition coefficient (Wildman–Crippen LogP) is 1.56. The molecule has 1 aromatic carbocycles. The molecule has 2 amide bonds. The number of carbonyl (C=O) groups excluding carboxylic acids is 2. The Bertz CT molecular complexity index is 597. The van der Waals surface area contributed by atoms with Crippen LogP contribution in [0, 0.1) is 0 Å². The highest BCUT2D eigenvalue weighted by Gasteiger charge is 2.45. The van der Waals surface area contributed by atoms with E-state index in [4.69, 9.17) is 4.74 Å². The van der Waals surface area contributed by atoms with Gasteiger partial charge in [-0.3, -0.25) is 4.79 Å². The smallest absolute Gasteiger partial charge is 0.410 e. The number of hydrogen-bond donors (Lipinski definition) is 1. The molecule has 136 valence electrons.